The lowest BCUT2D eigenvalue weighted by molar-refractivity contribution is -0.0847. The topological polar surface area (TPSA) is 30.5 Å². The third-order valence-corrected chi connectivity index (χ3v) is 4.28. The van der Waals surface area contributed by atoms with Gasteiger partial charge in [0.25, 0.3) is 0 Å². The van der Waals surface area contributed by atoms with E-state index in [2.05, 4.69) is 12.2 Å². The maximum Gasteiger partial charge on any atom is 0.0697 e. The molecule has 1 N–H and O–H groups in total. The summed E-state index contributed by atoms with van der Waals surface area (Å²) >= 11 is 0. The van der Waals surface area contributed by atoms with Crippen molar-refractivity contribution in [1.29, 1.82) is 0 Å². The third kappa shape index (κ3) is 3.67. The lowest BCUT2D eigenvalue weighted by atomic mass is 9.88. The second-order valence-electron chi connectivity index (χ2n) is 5.78. The molecule has 1 aliphatic carbocycles. The van der Waals surface area contributed by atoms with Crippen molar-refractivity contribution in [3.8, 4) is 0 Å². The molecule has 0 aromatic heterocycles. The van der Waals surface area contributed by atoms with E-state index in [-0.39, 0.29) is 5.60 Å². The molecule has 0 aromatic rings. The van der Waals surface area contributed by atoms with Crippen LogP contribution in [0.15, 0.2) is 0 Å². The Kier molecular flexibility index (Phi) is 4.83. The van der Waals surface area contributed by atoms with Crippen LogP contribution in [-0.2, 0) is 9.47 Å². The molecule has 1 saturated carbocycles. The highest BCUT2D eigenvalue weighted by Crippen LogP contribution is 2.40. The second kappa shape index (κ2) is 6.17. The van der Waals surface area contributed by atoms with Crippen LogP contribution in [0.5, 0.6) is 0 Å². The van der Waals surface area contributed by atoms with Gasteiger partial charge >= 0.3 is 0 Å². The Morgan fingerprint density at radius 2 is 2.18 bits per heavy atom. The zero-order valence-electron chi connectivity index (χ0n) is 11.3. The summed E-state index contributed by atoms with van der Waals surface area (Å²) in [5.74, 6) is 0. The van der Waals surface area contributed by atoms with Gasteiger partial charge in [0.2, 0.25) is 0 Å². The van der Waals surface area contributed by atoms with Crippen LogP contribution >= 0.6 is 0 Å². The monoisotopic (exact) mass is 241 g/mol. The zero-order chi connectivity index (χ0) is 12.1. The molecule has 2 atom stereocenters. The lowest BCUT2D eigenvalue weighted by Crippen LogP contribution is -2.48. The first-order chi connectivity index (χ1) is 8.24. The molecule has 0 radical (unpaired) electrons. The summed E-state index contributed by atoms with van der Waals surface area (Å²) in [5, 5.41) is 3.74. The summed E-state index contributed by atoms with van der Waals surface area (Å²) in [6, 6.07) is 1.20. The van der Waals surface area contributed by atoms with E-state index in [0.29, 0.717) is 12.1 Å². The Labute approximate surface area is 105 Å². The molecule has 0 bridgehead atoms. The molecule has 1 aliphatic heterocycles. The summed E-state index contributed by atoms with van der Waals surface area (Å²) in [6.45, 7) is 4.05. The van der Waals surface area contributed by atoms with Gasteiger partial charge in [0.05, 0.1) is 5.60 Å². The van der Waals surface area contributed by atoms with Crippen molar-refractivity contribution in [2.24, 2.45) is 0 Å². The fraction of sp³-hybridized carbons (Fsp3) is 1.00. The average Bonchev–Trinajstić information content (AvgIpc) is 2.74. The fourth-order valence-electron chi connectivity index (χ4n) is 3.32. The Balaban J connectivity index is 1.77. The Morgan fingerprint density at radius 1 is 1.41 bits per heavy atom. The Hall–Kier alpha value is -0.120. The normalized spacial score (nSPS) is 29.6. The van der Waals surface area contributed by atoms with E-state index in [1.165, 1.54) is 38.5 Å². The molecule has 2 rings (SSSR count). The number of hydrogen-bond acceptors (Lipinski definition) is 3. The van der Waals surface area contributed by atoms with Gasteiger partial charge in [-0.3, -0.25) is 0 Å². The van der Waals surface area contributed by atoms with Crippen molar-refractivity contribution in [2.75, 3.05) is 20.3 Å². The smallest absolute Gasteiger partial charge is 0.0697 e. The van der Waals surface area contributed by atoms with Crippen LogP contribution in [0.4, 0.5) is 0 Å². The average molecular weight is 241 g/mol. The molecule has 2 fully saturated rings. The van der Waals surface area contributed by atoms with E-state index in [1.54, 1.807) is 7.11 Å². The highest BCUT2D eigenvalue weighted by molar-refractivity contribution is 4.93. The molecule has 3 heteroatoms. The van der Waals surface area contributed by atoms with Crippen LogP contribution in [-0.4, -0.2) is 38.0 Å². The Morgan fingerprint density at radius 3 is 2.88 bits per heavy atom. The van der Waals surface area contributed by atoms with E-state index in [0.717, 1.165) is 19.6 Å². The van der Waals surface area contributed by atoms with Gasteiger partial charge in [0, 0.05) is 32.4 Å². The van der Waals surface area contributed by atoms with Gasteiger partial charge in [-0.2, -0.15) is 0 Å². The molecule has 2 aliphatic rings. The predicted octanol–water partition coefficient (Wildman–Crippen LogP) is 2.49. The van der Waals surface area contributed by atoms with Crippen LogP contribution in [0.3, 0.4) is 0 Å². The van der Waals surface area contributed by atoms with Crippen molar-refractivity contribution < 1.29 is 9.47 Å². The molecule has 1 spiro atoms. The molecular weight excluding hydrogens is 214 g/mol. The van der Waals surface area contributed by atoms with E-state index in [9.17, 15) is 0 Å². The van der Waals surface area contributed by atoms with Crippen molar-refractivity contribution >= 4 is 0 Å². The minimum absolute atomic E-state index is 0.233. The van der Waals surface area contributed by atoms with Crippen molar-refractivity contribution in [3.63, 3.8) is 0 Å². The van der Waals surface area contributed by atoms with Crippen LogP contribution in [0.25, 0.3) is 0 Å². The zero-order valence-corrected chi connectivity index (χ0v) is 11.3. The van der Waals surface area contributed by atoms with Crippen LogP contribution in [0.1, 0.15) is 51.9 Å². The quantitative estimate of drug-likeness (QED) is 0.802. The number of ether oxygens (including phenoxy) is 2. The minimum Gasteiger partial charge on any atom is -0.385 e. The second-order valence-corrected chi connectivity index (χ2v) is 5.78. The van der Waals surface area contributed by atoms with Gasteiger partial charge in [-0.1, -0.05) is 12.8 Å². The molecule has 2 unspecified atom stereocenters. The Bertz CT molecular complexity index is 226. The fourth-order valence-corrected chi connectivity index (χ4v) is 3.32. The SMILES string of the molecule is COCCC(C)NC1CCOC2(CCCC2)C1. The van der Waals surface area contributed by atoms with Gasteiger partial charge in [0.1, 0.15) is 0 Å². The van der Waals surface area contributed by atoms with Crippen LogP contribution in [0, 0.1) is 0 Å². The minimum atomic E-state index is 0.233. The van der Waals surface area contributed by atoms with Gasteiger partial charge in [-0.25, -0.2) is 0 Å². The molecule has 0 aromatic carbocycles. The molecule has 3 nitrogen and oxygen atoms in total. The van der Waals surface area contributed by atoms with Gasteiger partial charge in [-0.05, 0) is 39.0 Å². The molecule has 1 saturated heterocycles. The standard InChI is InChI=1S/C14H27NO2/c1-12(5-9-16-2)15-13-6-10-17-14(11-13)7-3-4-8-14/h12-13,15H,3-11H2,1-2H3. The lowest BCUT2D eigenvalue weighted by Gasteiger charge is -2.39. The van der Waals surface area contributed by atoms with Crippen molar-refractivity contribution in [2.45, 2.75) is 69.6 Å². The largest absolute Gasteiger partial charge is 0.385 e. The number of nitrogens with one attached hydrogen (secondary N) is 1. The highest BCUT2D eigenvalue weighted by atomic mass is 16.5. The number of rotatable bonds is 5. The van der Waals surface area contributed by atoms with E-state index in [4.69, 9.17) is 9.47 Å². The highest BCUT2D eigenvalue weighted by Gasteiger charge is 2.39. The third-order valence-electron chi connectivity index (χ3n) is 4.28. The summed E-state index contributed by atoms with van der Waals surface area (Å²) < 4.78 is 11.2. The van der Waals surface area contributed by atoms with Crippen LogP contribution < -0.4 is 5.32 Å². The first kappa shape index (κ1) is 13.3. The summed E-state index contributed by atoms with van der Waals surface area (Å²) in [7, 11) is 1.77. The van der Waals surface area contributed by atoms with Gasteiger partial charge < -0.3 is 14.8 Å². The molecule has 17 heavy (non-hydrogen) atoms. The predicted molar refractivity (Wildman–Crippen MR) is 69.3 cm³/mol. The van der Waals surface area contributed by atoms with Gasteiger partial charge in [0.15, 0.2) is 0 Å². The summed E-state index contributed by atoms with van der Waals surface area (Å²) in [6.07, 6.45) is 8.73. The molecule has 0 amide bonds. The van der Waals surface area contributed by atoms with Gasteiger partial charge in [-0.15, -0.1) is 0 Å². The maximum atomic E-state index is 6.05. The summed E-state index contributed by atoms with van der Waals surface area (Å²) in [4.78, 5) is 0. The van der Waals surface area contributed by atoms with Crippen molar-refractivity contribution in [3.05, 3.63) is 0 Å². The molecule has 1 heterocycles. The molecule has 100 valence electrons. The van der Waals surface area contributed by atoms with E-state index >= 15 is 0 Å². The van der Waals surface area contributed by atoms with E-state index in [1.807, 2.05) is 0 Å². The van der Waals surface area contributed by atoms with E-state index < -0.39 is 0 Å². The number of hydrogen-bond donors (Lipinski definition) is 1. The maximum absolute atomic E-state index is 6.05. The van der Waals surface area contributed by atoms with Crippen molar-refractivity contribution in [1.82, 2.24) is 5.32 Å². The van der Waals surface area contributed by atoms with Crippen LogP contribution in [0.2, 0.25) is 0 Å². The first-order valence-corrected chi connectivity index (χ1v) is 7.13. The number of methoxy groups -OCH3 is 1. The summed E-state index contributed by atoms with van der Waals surface area (Å²) in [5.41, 5.74) is 0.233. The molecular formula is C14H27NO2. The first-order valence-electron chi connectivity index (χ1n) is 7.13.